The molecule has 7 heteroatoms. The van der Waals surface area contributed by atoms with Crippen LogP contribution >= 0.6 is 0 Å². The van der Waals surface area contributed by atoms with Crippen LogP contribution in [0.25, 0.3) is 0 Å². The number of hydrogen-bond donors (Lipinski definition) is 2. The molecule has 0 saturated carbocycles. The van der Waals surface area contributed by atoms with Gasteiger partial charge in [-0.25, -0.2) is 16.8 Å². The maximum Gasteiger partial charge on any atom is 0.354 e. The second-order valence-corrected chi connectivity index (χ2v) is 2.99. The van der Waals surface area contributed by atoms with Crippen molar-refractivity contribution in [3.05, 3.63) is 0 Å². The number of carbonyl (C=O) groups is 1. The minimum Gasteiger partial charge on any atom is -0.264 e. The first-order valence-electron chi connectivity index (χ1n) is 1.38. The molecule has 0 atom stereocenters. The summed E-state index contributed by atoms with van der Waals surface area (Å²) in [6.07, 6.45) is 0. The summed E-state index contributed by atoms with van der Waals surface area (Å²) in [5.41, 5.74) is 0. The normalized spacial score (nSPS) is 10.2. The molecule has 0 radical (unpaired) electrons. The molecule has 0 heterocycles. The van der Waals surface area contributed by atoms with E-state index < -0.39 is 25.9 Å². The van der Waals surface area contributed by atoms with Crippen molar-refractivity contribution in [2.75, 3.05) is 0 Å². The average Bonchev–Trinajstić information content (AvgIpc) is 1.64. The van der Waals surface area contributed by atoms with E-state index in [4.69, 9.17) is 0 Å². The van der Waals surface area contributed by atoms with Gasteiger partial charge in [-0.05, 0) is 0 Å². The molecule has 0 aliphatic carbocycles. The van der Waals surface area contributed by atoms with Crippen molar-refractivity contribution in [3.8, 4) is 0 Å². The molecule has 0 aromatic rings. The summed E-state index contributed by atoms with van der Waals surface area (Å²) in [5, 5.41) is 0. The molecule has 0 aromatic heterocycles. The van der Waals surface area contributed by atoms with E-state index in [0.29, 0.717) is 0 Å². The van der Waals surface area contributed by atoms with E-state index >= 15 is 0 Å². The molecule has 0 rings (SSSR count). The van der Waals surface area contributed by atoms with E-state index in [-0.39, 0.29) is 0 Å². The van der Waals surface area contributed by atoms with Crippen molar-refractivity contribution in [2.45, 2.75) is 0 Å². The van der Waals surface area contributed by atoms with Gasteiger partial charge in [0.15, 0.2) is 0 Å². The minimum absolute atomic E-state index is 1.74. The van der Waals surface area contributed by atoms with Crippen LogP contribution in [0.5, 0.6) is 0 Å². The zero-order valence-corrected chi connectivity index (χ0v) is 5.22. The Balaban J connectivity index is 4.54. The molecule has 0 bridgehead atoms. The first-order chi connectivity index (χ1) is 3.55. The Bertz CT molecular complexity index is 191. The maximum atomic E-state index is 9.65. The lowest BCUT2D eigenvalue weighted by Crippen LogP contribution is -1.96. The van der Waals surface area contributed by atoms with E-state index in [0.717, 1.165) is 0 Å². The second-order valence-electron chi connectivity index (χ2n) is 0.797. The summed E-state index contributed by atoms with van der Waals surface area (Å²) < 4.78 is 36.0. The second kappa shape index (κ2) is 2.78. The van der Waals surface area contributed by atoms with Crippen LogP contribution in [-0.4, -0.2) is 21.3 Å². The van der Waals surface area contributed by atoms with Gasteiger partial charge in [-0.3, -0.25) is 4.79 Å². The van der Waals surface area contributed by atoms with Gasteiger partial charge in [0.2, 0.25) is 21.4 Å². The van der Waals surface area contributed by atoms with Gasteiger partial charge in [0.05, 0.1) is 0 Å². The topological polar surface area (TPSA) is 85.3 Å². The van der Waals surface area contributed by atoms with Gasteiger partial charge in [0.1, 0.15) is 0 Å². The zero-order chi connectivity index (χ0) is 6.73. The molecule has 0 aromatic carbocycles. The summed E-state index contributed by atoms with van der Waals surface area (Å²) in [6.45, 7) is 0. The third kappa shape index (κ3) is 2.03. The number of carbonyl (C=O) groups excluding carboxylic acids is 1. The molecule has 48 valence electrons. The van der Waals surface area contributed by atoms with Crippen molar-refractivity contribution >= 4 is 25.9 Å². The van der Waals surface area contributed by atoms with Crippen LogP contribution in [-0.2, 0) is 21.4 Å². The lowest BCUT2D eigenvalue weighted by atomic mass is 11.8. The average molecular weight is 158 g/mol. The highest BCUT2D eigenvalue weighted by Crippen LogP contribution is 1.73. The smallest absolute Gasteiger partial charge is 0.264 e. The van der Waals surface area contributed by atoms with Gasteiger partial charge in [-0.1, -0.05) is 0 Å². The summed E-state index contributed by atoms with van der Waals surface area (Å²) in [6, 6.07) is 0. The SMILES string of the molecule is O=C([SH](=O)=O)[SH](=O)=O. The number of thiol groups is 2. The minimum atomic E-state index is -3.44. The van der Waals surface area contributed by atoms with Crippen LogP contribution < -0.4 is 0 Å². The summed E-state index contributed by atoms with van der Waals surface area (Å²) >= 11 is 0. The van der Waals surface area contributed by atoms with Crippen LogP contribution in [0.15, 0.2) is 0 Å². The summed E-state index contributed by atoms with van der Waals surface area (Å²) in [4.78, 5) is 9.65. The van der Waals surface area contributed by atoms with Crippen molar-refractivity contribution in [3.63, 3.8) is 0 Å². The van der Waals surface area contributed by atoms with Gasteiger partial charge in [-0.2, -0.15) is 0 Å². The van der Waals surface area contributed by atoms with Gasteiger partial charge >= 0.3 is 4.45 Å². The largest absolute Gasteiger partial charge is 0.354 e. The Labute approximate surface area is 48.2 Å². The van der Waals surface area contributed by atoms with Crippen LogP contribution in [0.4, 0.5) is 4.79 Å². The Morgan fingerprint density at radius 2 is 1.12 bits per heavy atom. The van der Waals surface area contributed by atoms with E-state index in [1.807, 2.05) is 0 Å². The number of rotatable bonds is 0. The molecule has 5 nitrogen and oxygen atoms in total. The first-order valence-corrected chi connectivity index (χ1v) is 3.74. The Morgan fingerprint density at radius 1 is 0.875 bits per heavy atom. The van der Waals surface area contributed by atoms with Crippen molar-refractivity contribution in [2.24, 2.45) is 0 Å². The third-order valence-electron chi connectivity index (χ3n) is 0.312. The molecule has 0 aliphatic rings. The van der Waals surface area contributed by atoms with Crippen LogP contribution in [0.2, 0.25) is 0 Å². The van der Waals surface area contributed by atoms with Gasteiger partial charge < -0.3 is 0 Å². The van der Waals surface area contributed by atoms with Crippen molar-refractivity contribution < 1.29 is 21.6 Å². The van der Waals surface area contributed by atoms with Crippen molar-refractivity contribution in [1.82, 2.24) is 0 Å². The molecule has 0 spiro atoms. The highest BCUT2D eigenvalue weighted by Gasteiger charge is 2.03. The molecule has 0 fully saturated rings. The molecular weight excluding hydrogens is 156 g/mol. The monoisotopic (exact) mass is 158 g/mol. The Kier molecular flexibility index (Phi) is 2.63. The molecule has 0 unspecified atom stereocenters. The number of hydrogen-bond acceptors (Lipinski definition) is 5. The van der Waals surface area contributed by atoms with E-state index in [2.05, 4.69) is 0 Å². The highest BCUT2D eigenvalue weighted by atomic mass is 32.2. The quantitative estimate of drug-likeness (QED) is 0.412. The fourth-order valence-electron chi connectivity index (χ4n) is 0.0667. The van der Waals surface area contributed by atoms with Crippen LogP contribution in [0.3, 0.4) is 0 Å². The van der Waals surface area contributed by atoms with E-state index in [1.54, 1.807) is 0 Å². The van der Waals surface area contributed by atoms with Gasteiger partial charge in [0.25, 0.3) is 0 Å². The maximum absolute atomic E-state index is 9.65. The lowest BCUT2D eigenvalue weighted by molar-refractivity contribution is 0.274. The fraction of sp³-hybridized carbons (Fsp3) is 0. The van der Waals surface area contributed by atoms with Crippen molar-refractivity contribution in [1.29, 1.82) is 0 Å². The summed E-state index contributed by atoms with van der Waals surface area (Å²) in [5.74, 6) is 0. The Hall–Kier alpha value is -0.430. The molecule has 0 saturated heterocycles. The van der Waals surface area contributed by atoms with E-state index in [9.17, 15) is 21.6 Å². The fourth-order valence-corrected chi connectivity index (χ4v) is 0.600. The van der Waals surface area contributed by atoms with E-state index in [1.165, 1.54) is 0 Å². The lowest BCUT2D eigenvalue weighted by Gasteiger charge is -1.67. The predicted molar refractivity (Wildman–Crippen MR) is 26.0 cm³/mol. The molecule has 8 heavy (non-hydrogen) atoms. The molecule has 0 N–H and O–H groups in total. The molecule has 0 aliphatic heterocycles. The van der Waals surface area contributed by atoms with Crippen LogP contribution in [0.1, 0.15) is 0 Å². The third-order valence-corrected chi connectivity index (χ3v) is 1.92. The zero-order valence-electron chi connectivity index (χ0n) is 3.44. The van der Waals surface area contributed by atoms with Crippen LogP contribution in [0, 0.1) is 0 Å². The molecule has 0 amide bonds. The van der Waals surface area contributed by atoms with Gasteiger partial charge in [0, 0.05) is 0 Å². The first kappa shape index (κ1) is 7.57. The van der Waals surface area contributed by atoms with Gasteiger partial charge in [-0.15, -0.1) is 0 Å². The standard InChI is InChI=1S/CH2O5S2/c2-1(7(3)4)8(5)6/h7-8H. The Morgan fingerprint density at radius 3 is 1.12 bits per heavy atom. The summed E-state index contributed by atoms with van der Waals surface area (Å²) in [7, 11) is -6.87. The highest BCUT2D eigenvalue weighted by molar-refractivity contribution is 8.15. The predicted octanol–water partition coefficient (Wildman–Crippen LogP) is -1.67. The molecular formula is CH2O5S2.